The number of alkyl halides is 3. The standard InChI is InChI=1S/C23H25F4N3O/c1-14-11-16(13-22(2,3)12-14)30-19-6-4-5-18(24)20(19)29-21(30)28-15-7-9-17(10-8-15)31-23(25,26)27/h4-10,14,16H,11-13H2,1-3H3,(H,28,29)/t14-,16+/m1/s1. The van der Waals surface area contributed by atoms with E-state index in [0.717, 1.165) is 19.3 Å². The van der Waals surface area contributed by atoms with Gasteiger partial charge in [0.05, 0.1) is 5.52 Å². The zero-order valence-corrected chi connectivity index (χ0v) is 17.6. The molecule has 2 aromatic carbocycles. The van der Waals surface area contributed by atoms with Gasteiger partial charge < -0.3 is 14.6 Å². The van der Waals surface area contributed by atoms with Gasteiger partial charge in [-0.05, 0) is 67.0 Å². The topological polar surface area (TPSA) is 39.1 Å². The molecule has 3 aromatic rings. The van der Waals surface area contributed by atoms with E-state index in [1.54, 1.807) is 6.07 Å². The van der Waals surface area contributed by atoms with Crippen LogP contribution in [-0.4, -0.2) is 15.9 Å². The molecule has 31 heavy (non-hydrogen) atoms. The number of nitrogens with zero attached hydrogens (tertiary/aromatic N) is 2. The first kappa shape index (κ1) is 21.5. The van der Waals surface area contributed by atoms with E-state index < -0.39 is 12.2 Å². The number of halogens is 4. The van der Waals surface area contributed by atoms with Crippen LogP contribution in [0.3, 0.4) is 0 Å². The van der Waals surface area contributed by atoms with Crippen molar-refractivity contribution in [1.82, 2.24) is 9.55 Å². The Bertz CT molecular complexity index is 1070. The Morgan fingerprint density at radius 1 is 1.10 bits per heavy atom. The van der Waals surface area contributed by atoms with E-state index in [2.05, 4.69) is 35.8 Å². The molecular formula is C23H25F4N3O. The summed E-state index contributed by atoms with van der Waals surface area (Å²) in [7, 11) is 0. The molecule has 0 unspecified atom stereocenters. The van der Waals surface area contributed by atoms with Crippen molar-refractivity contribution < 1.29 is 22.3 Å². The van der Waals surface area contributed by atoms with Gasteiger partial charge in [-0.3, -0.25) is 0 Å². The lowest BCUT2D eigenvalue weighted by molar-refractivity contribution is -0.274. The predicted octanol–water partition coefficient (Wildman–Crippen LogP) is 7.20. The second kappa shape index (κ2) is 7.73. The maximum atomic E-state index is 14.5. The lowest BCUT2D eigenvalue weighted by atomic mass is 9.70. The van der Waals surface area contributed by atoms with Crippen molar-refractivity contribution >= 4 is 22.7 Å². The molecule has 166 valence electrons. The van der Waals surface area contributed by atoms with Crippen molar-refractivity contribution in [3.63, 3.8) is 0 Å². The number of para-hydroxylation sites is 1. The highest BCUT2D eigenvalue weighted by Crippen LogP contribution is 2.46. The van der Waals surface area contributed by atoms with E-state index >= 15 is 0 Å². The van der Waals surface area contributed by atoms with Crippen LogP contribution < -0.4 is 10.1 Å². The van der Waals surface area contributed by atoms with Crippen molar-refractivity contribution in [3.05, 3.63) is 48.3 Å². The minimum atomic E-state index is -4.75. The van der Waals surface area contributed by atoms with Crippen LogP contribution >= 0.6 is 0 Å². The summed E-state index contributed by atoms with van der Waals surface area (Å²) in [5.74, 6) is 0.266. The van der Waals surface area contributed by atoms with Crippen LogP contribution in [-0.2, 0) is 0 Å². The first-order valence-corrected chi connectivity index (χ1v) is 10.3. The number of aromatic nitrogens is 2. The van der Waals surface area contributed by atoms with E-state index in [4.69, 9.17) is 0 Å². The molecule has 4 rings (SSSR count). The van der Waals surface area contributed by atoms with Gasteiger partial charge in [-0.1, -0.05) is 26.8 Å². The van der Waals surface area contributed by atoms with Gasteiger partial charge in [0.25, 0.3) is 0 Å². The Hall–Kier alpha value is -2.77. The average Bonchev–Trinajstić information content (AvgIpc) is 3.00. The number of hydrogen-bond donors (Lipinski definition) is 1. The second-order valence-electron chi connectivity index (χ2n) is 9.18. The fourth-order valence-corrected chi connectivity index (χ4v) is 4.90. The van der Waals surface area contributed by atoms with E-state index in [1.807, 2.05) is 10.6 Å². The summed E-state index contributed by atoms with van der Waals surface area (Å²) >= 11 is 0. The van der Waals surface area contributed by atoms with Crippen LogP contribution in [0.1, 0.15) is 46.1 Å². The van der Waals surface area contributed by atoms with Gasteiger partial charge in [0.15, 0.2) is 5.82 Å². The molecule has 1 saturated carbocycles. The summed E-state index contributed by atoms with van der Waals surface area (Å²) in [6, 6.07) is 10.4. The third-order valence-corrected chi connectivity index (χ3v) is 5.74. The van der Waals surface area contributed by atoms with Crippen LogP contribution in [0.4, 0.5) is 29.2 Å². The van der Waals surface area contributed by atoms with Crippen molar-refractivity contribution in [1.29, 1.82) is 0 Å². The number of benzene rings is 2. The zero-order valence-electron chi connectivity index (χ0n) is 17.6. The molecule has 0 spiro atoms. The summed E-state index contributed by atoms with van der Waals surface area (Å²) in [6.07, 6.45) is -1.76. The Morgan fingerprint density at radius 3 is 2.45 bits per heavy atom. The molecule has 1 aliphatic carbocycles. The molecule has 0 aliphatic heterocycles. The Kier molecular flexibility index (Phi) is 5.35. The molecule has 0 saturated heterocycles. The highest BCUT2D eigenvalue weighted by molar-refractivity contribution is 5.80. The van der Waals surface area contributed by atoms with E-state index in [1.165, 1.54) is 30.3 Å². The smallest absolute Gasteiger partial charge is 0.406 e. The van der Waals surface area contributed by atoms with Crippen molar-refractivity contribution in [2.45, 2.75) is 52.4 Å². The van der Waals surface area contributed by atoms with Crippen molar-refractivity contribution in [2.24, 2.45) is 11.3 Å². The SMILES string of the molecule is C[C@@H]1C[C@H](n2c(Nc3ccc(OC(F)(F)F)cc3)nc3c(F)cccc32)CC(C)(C)C1. The molecule has 0 amide bonds. The van der Waals surface area contributed by atoms with Crippen LogP contribution in [0, 0.1) is 17.2 Å². The number of fused-ring (bicyclic) bond motifs is 1. The number of ether oxygens (including phenoxy) is 1. The van der Waals surface area contributed by atoms with Gasteiger partial charge in [-0.15, -0.1) is 13.2 Å². The molecule has 1 aromatic heterocycles. The van der Waals surface area contributed by atoms with Crippen LogP contribution in [0.25, 0.3) is 11.0 Å². The quantitative estimate of drug-likeness (QED) is 0.440. The minimum Gasteiger partial charge on any atom is -0.406 e. The number of anilines is 2. The zero-order chi connectivity index (χ0) is 22.4. The normalized spacial score (nSPS) is 21.3. The van der Waals surface area contributed by atoms with Gasteiger partial charge in [0.1, 0.15) is 11.3 Å². The minimum absolute atomic E-state index is 0.126. The number of imidazole rings is 1. The Balaban J connectivity index is 1.71. The monoisotopic (exact) mass is 435 g/mol. The summed E-state index contributed by atoms with van der Waals surface area (Å²) in [4.78, 5) is 4.50. The average molecular weight is 435 g/mol. The molecule has 1 heterocycles. The molecule has 4 nitrogen and oxygen atoms in total. The number of rotatable bonds is 4. The Morgan fingerprint density at radius 2 is 1.81 bits per heavy atom. The van der Waals surface area contributed by atoms with E-state index in [0.29, 0.717) is 23.1 Å². The van der Waals surface area contributed by atoms with Gasteiger partial charge in [-0.2, -0.15) is 0 Å². The molecule has 1 fully saturated rings. The maximum Gasteiger partial charge on any atom is 0.573 e. The lowest BCUT2D eigenvalue weighted by Gasteiger charge is -2.40. The molecule has 1 N–H and O–H groups in total. The van der Waals surface area contributed by atoms with Gasteiger partial charge >= 0.3 is 6.36 Å². The molecular weight excluding hydrogens is 410 g/mol. The van der Waals surface area contributed by atoms with E-state index in [9.17, 15) is 17.6 Å². The summed E-state index contributed by atoms with van der Waals surface area (Å²) in [6.45, 7) is 6.70. The fourth-order valence-electron chi connectivity index (χ4n) is 4.90. The molecule has 2 atom stereocenters. The summed E-state index contributed by atoms with van der Waals surface area (Å²) in [5, 5.41) is 3.17. The fraction of sp³-hybridized carbons (Fsp3) is 0.435. The predicted molar refractivity (Wildman–Crippen MR) is 112 cm³/mol. The van der Waals surface area contributed by atoms with Gasteiger partial charge in [0, 0.05) is 11.7 Å². The third kappa shape index (κ3) is 4.78. The molecule has 0 radical (unpaired) electrons. The van der Waals surface area contributed by atoms with Crippen molar-refractivity contribution in [2.75, 3.05) is 5.32 Å². The van der Waals surface area contributed by atoms with Gasteiger partial charge in [0.2, 0.25) is 5.95 Å². The summed E-state index contributed by atoms with van der Waals surface area (Å²) < 4.78 is 57.7. The first-order chi connectivity index (χ1) is 14.5. The number of hydrogen-bond acceptors (Lipinski definition) is 3. The van der Waals surface area contributed by atoms with Crippen LogP contribution in [0.15, 0.2) is 42.5 Å². The molecule has 1 aliphatic rings. The maximum absolute atomic E-state index is 14.5. The number of nitrogens with one attached hydrogen (secondary N) is 1. The third-order valence-electron chi connectivity index (χ3n) is 5.74. The summed E-state index contributed by atoms with van der Waals surface area (Å²) in [5.41, 5.74) is 1.65. The van der Waals surface area contributed by atoms with Crippen molar-refractivity contribution in [3.8, 4) is 5.75 Å². The van der Waals surface area contributed by atoms with E-state index in [-0.39, 0.29) is 22.7 Å². The highest BCUT2D eigenvalue weighted by Gasteiger charge is 2.35. The van der Waals surface area contributed by atoms with Gasteiger partial charge in [-0.25, -0.2) is 9.37 Å². The van der Waals surface area contributed by atoms with Crippen LogP contribution in [0.5, 0.6) is 5.75 Å². The Labute approximate surface area is 178 Å². The molecule has 0 bridgehead atoms. The highest BCUT2D eigenvalue weighted by atomic mass is 19.4. The second-order valence-corrected chi connectivity index (χ2v) is 9.18. The van der Waals surface area contributed by atoms with Crippen LogP contribution in [0.2, 0.25) is 0 Å². The largest absolute Gasteiger partial charge is 0.573 e. The lowest BCUT2D eigenvalue weighted by Crippen LogP contribution is -2.29. The molecule has 8 heteroatoms. The first-order valence-electron chi connectivity index (χ1n) is 10.3.